The molecule has 21 heavy (non-hydrogen) atoms. The summed E-state index contributed by atoms with van der Waals surface area (Å²) in [4.78, 5) is 0. The Balaban J connectivity index is 0.00000191. The minimum Gasteiger partial charge on any atom is -0.0984 e. The molecular weight excluding hydrogens is 252 g/mol. The number of hydrogen-bond donors (Lipinski definition) is 0. The maximum absolute atomic E-state index is 4.02. The van der Waals surface area contributed by atoms with Crippen LogP contribution in [0.3, 0.4) is 0 Å². The molecule has 0 aromatic heterocycles. The van der Waals surface area contributed by atoms with E-state index < -0.39 is 0 Å². The van der Waals surface area contributed by atoms with Crippen LogP contribution in [-0.4, -0.2) is 0 Å². The van der Waals surface area contributed by atoms with Gasteiger partial charge in [0.1, 0.15) is 0 Å². The van der Waals surface area contributed by atoms with E-state index in [2.05, 4.69) is 66.8 Å². The Labute approximate surface area is 133 Å². The standard InChI is InChI=1S/C19H28.C2H6/c1-9-14-15(10-2)17(19(7,8)11-3)13-12-16(14)18(4,5)6;1-2/h9-10,12-13H,1-2,11H2,3-8H3;1-2H3. The van der Waals surface area contributed by atoms with Crippen molar-refractivity contribution in [2.45, 2.75) is 72.6 Å². The van der Waals surface area contributed by atoms with Crippen molar-refractivity contribution in [1.29, 1.82) is 0 Å². The zero-order valence-electron chi connectivity index (χ0n) is 15.4. The number of rotatable bonds is 4. The third-order valence-electron chi connectivity index (χ3n) is 4.12. The monoisotopic (exact) mass is 286 g/mol. The van der Waals surface area contributed by atoms with Crippen molar-refractivity contribution in [3.8, 4) is 0 Å². The summed E-state index contributed by atoms with van der Waals surface area (Å²) in [5.74, 6) is 0. The van der Waals surface area contributed by atoms with Crippen LogP contribution in [0.4, 0.5) is 0 Å². The van der Waals surface area contributed by atoms with E-state index >= 15 is 0 Å². The summed E-state index contributed by atoms with van der Waals surface area (Å²) in [5, 5.41) is 0. The Hall–Kier alpha value is -1.30. The lowest BCUT2D eigenvalue weighted by Crippen LogP contribution is -2.20. The predicted molar refractivity (Wildman–Crippen MR) is 100.0 cm³/mol. The Morgan fingerprint density at radius 3 is 1.57 bits per heavy atom. The van der Waals surface area contributed by atoms with E-state index in [9.17, 15) is 0 Å². The molecule has 1 aromatic rings. The topological polar surface area (TPSA) is 0 Å². The Kier molecular flexibility index (Phi) is 7.16. The van der Waals surface area contributed by atoms with E-state index in [4.69, 9.17) is 0 Å². The van der Waals surface area contributed by atoms with Crippen LogP contribution in [-0.2, 0) is 10.8 Å². The molecule has 0 saturated carbocycles. The van der Waals surface area contributed by atoms with Crippen LogP contribution >= 0.6 is 0 Å². The van der Waals surface area contributed by atoms with E-state index in [1.807, 2.05) is 26.0 Å². The lowest BCUT2D eigenvalue weighted by atomic mass is 9.74. The molecule has 1 aromatic carbocycles. The first kappa shape index (κ1) is 19.7. The highest BCUT2D eigenvalue weighted by Gasteiger charge is 2.25. The van der Waals surface area contributed by atoms with Gasteiger partial charge in [-0.25, -0.2) is 0 Å². The van der Waals surface area contributed by atoms with Gasteiger partial charge in [-0.2, -0.15) is 0 Å². The predicted octanol–water partition coefficient (Wildman–Crippen LogP) is 6.98. The van der Waals surface area contributed by atoms with Gasteiger partial charge in [0.05, 0.1) is 0 Å². The molecule has 1 rings (SSSR count). The van der Waals surface area contributed by atoms with Gasteiger partial charge in [-0.15, -0.1) is 0 Å². The van der Waals surface area contributed by atoms with Crippen molar-refractivity contribution in [2.24, 2.45) is 0 Å². The summed E-state index contributed by atoms with van der Waals surface area (Å²) in [6, 6.07) is 4.53. The molecule has 0 heterocycles. The SMILES string of the molecule is C=Cc1c(C(C)(C)C)ccc(C(C)(C)CC)c1C=C.CC. The minimum absolute atomic E-state index is 0.121. The molecule has 0 bridgehead atoms. The lowest BCUT2D eigenvalue weighted by molar-refractivity contribution is 0.504. The largest absolute Gasteiger partial charge is 0.0984 e. The van der Waals surface area contributed by atoms with Crippen LogP contribution in [0, 0.1) is 0 Å². The maximum Gasteiger partial charge on any atom is -0.0100 e. The molecule has 0 radical (unpaired) electrons. The molecule has 118 valence electrons. The third kappa shape index (κ3) is 4.33. The van der Waals surface area contributed by atoms with Crippen LogP contribution < -0.4 is 0 Å². The van der Waals surface area contributed by atoms with Gasteiger partial charge in [0, 0.05) is 0 Å². The zero-order chi connectivity index (χ0) is 16.8. The van der Waals surface area contributed by atoms with Crippen LogP contribution in [0.25, 0.3) is 12.2 Å². The normalized spacial score (nSPS) is 11.4. The fourth-order valence-corrected chi connectivity index (χ4v) is 2.51. The molecule has 0 amide bonds. The molecule has 0 unspecified atom stereocenters. The fourth-order valence-electron chi connectivity index (χ4n) is 2.51. The second kappa shape index (κ2) is 7.64. The van der Waals surface area contributed by atoms with E-state index in [1.165, 1.54) is 22.3 Å². The summed E-state index contributed by atoms with van der Waals surface area (Å²) in [6.07, 6.45) is 5.07. The van der Waals surface area contributed by atoms with Gasteiger partial charge in [-0.3, -0.25) is 0 Å². The lowest BCUT2D eigenvalue weighted by Gasteiger charge is -2.30. The van der Waals surface area contributed by atoms with Crippen LogP contribution in [0.15, 0.2) is 25.3 Å². The second-order valence-electron chi connectivity index (χ2n) is 6.88. The van der Waals surface area contributed by atoms with E-state index in [1.54, 1.807) is 0 Å². The van der Waals surface area contributed by atoms with E-state index in [-0.39, 0.29) is 10.8 Å². The molecule has 0 spiro atoms. The first-order valence-electron chi connectivity index (χ1n) is 8.12. The smallest absolute Gasteiger partial charge is 0.0100 e. The highest BCUT2D eigenvalue weighted by Crippen LogP contribution is 2.37. The van der Waals surface area contributed by atoms with Crippen LogP contribution in [0.5, 0.6) is 0 Å². The van der Waals surface area contributed by atoms with Gasteiger partial charge in [-0.05, 0) is 39.5 Å². The van der Waals surface area contributed by atoms with Gasteiger partial charge in [0.25, 0.3) is 0 Å². The Bertz CT molecular complexity index is 481. The van der Waals surface area contributed by atoms with E-state index in [0.717, 1.165) is 6.42 Å². The summed E-state index contributed by atoms with van der Waals surface area (Å²) < 4.78 is 0. The highest BCUT2D eigenvalue weighted by molar-refractivity contribution is 5.71. The minimum atomic E-state index is 0.121. The van der Waals surface area contributed by atoms with Crippen molar-refractivity contribution < 1.29 is 0 Å². The van der Waals surface area contributed by atoms with Crippen molar-refractivity contribution in [1.82, 2.24) is 0 Å². The van der Waals surface area contributed by atoms with Crippen molar-refractivity contribution in [3.63, 3.8) is 0 Å². The average Bonchev–Trinajstić information content (AvgIpc) is 2.46. The van der Waals surface area contributed by atoms with Gasteiger partial charge in [-0.1, -0.05) is 92.8 Å². The molecule has 0 fully saturated rings. The second-order valence-corrected chi connectivity index (χ2v) is 6.88. The molecular formula is C21H34. The highest BCUT2D eigenvalue weighted by atomic mass is 14.3. The third-order valence-corrected chi connectivity index (χ3v) is 4.12. The first-order valence-corrected chi connectivity index (χ1v) is 8.12. The van der Waals surface area contributed by atoms with Crippen LogP contribution in [0.1, 0.15) is 84.1 Å². The van der Waals surface area contributed by atoms with Gasteiger partial charge < -0.3 is 0 Å². The Morgan fingerprint density at radius 2 is 1.24 bits per heavy atom. The van der Waals surface area contributed by atoms with Gasteiger partial charge >= 0.3 is 0 Å². The van der Waals surface area contributed by atoms with Crippen molar-refractivity contribution >= 4 is 12.2 Å². The fraction of sp³-hybridized carbons (Fsp3) is 0.524. The molecule has 0 aliphatic carbocycles. The van der Waals surface area contributed by atoms with Crippen molar-refractivity contribution in [2.75, 3.05) is 0 Å². The average molecular weight is 287 g/mol. The molecule has 0 aliphatic heterocycles. The van der Waals surface area contributed by atoms with Gasteiger partial charge in [0.2, 0.25) is 0 Å². The maximum atomic E-state index is 4.02. The van der Waals surface area contributed by atoms with E-state index in [0.29, 0.717) is 0 Å². The quantitative estimate of drug-likeness (QED) is 0.560. The number of hydrogen-bond acceptors (Lipinski definition) is 0. The van der Waals surface area contributed by atoms with Crippen molar-refractivity contribution in [3.05, 3.63) is 47.5 Å². The molecule has 0 N–H and O–H groups in total. The summed E-state index contributed by atoms with van der Waals surface area (Å²) >= 11 is 0. The molecule has 0 aliphatic rings. The van der Waals surface area contributed by atoms with Crippen LogP contribution in [0.2, 0.25) is 0 Å². The van der Waals surface area contributed by atoms with Gasteiger partial charge in [0.15, 0.2) is 0 Å². The molecule has 0 atom stereocenters. The molecule has 0 heteroatoms. The molecule has 0 saturated heterocycles. The summed E-state index contributed by atoms with van der Waals surface area (Å²) in [5.41, 5.74) is 5.48. The summed E-state index contributed by atoms with van der Waals surface area (Å²) in [6.45, 7) is 25.6. The Morgan fingerprint density at radius 1 is 0.857 bits per heavy atom. The molecule has 0 nitrogen and oxygen atoms in total. The summed E-state index contributed by atoms with van der Waals surface area (Å²) in [7, 11) is 0. The number of benzene rings is 1. The first-order chi connectivity index (χ1) is 9.69. The zero-order valence-corrected chi connectivity index (χ0v) is 15.4.